The van der Waals surface area contributed by atoms with Crippen molar-refractivity contribution in [2.24, 2.45) is 0 Å². The van der Waals surface area contributed by atoms with Crippen LogP contribution in [-0.4, -0.2) is 27.7 Å². The van der Waals surface area contributed by atoms with Crippen molar-refractivity contribution in [3.05, 3.63) is 17.0 Å². The van der Waals surface area contributed by atoms with Crippen LogP contribution >= 0.6 is 11.3 Å². The Hall–Kier alpha value is -0.430. The smallest absolute Gasteiger partial charge is 0.250 e. The zero-order valence-corrected chi connectivity index (χ0v) is 10.0. The largest absolute Gasteiger partial charge is 0.380 e. The summed E-state index contributed by atoms with van der Waals surface area (Å²) in [7, 11) is -3.33. The fraction of sp³-hybridized carbons (Fsp3) is 0.556. The van der Waals surface area contributed by atoms with Crippen molar-refractivity contribution in [2.45, 2.75) is 23.6 Å². The molecule has 0 aromatic carbocycles. The maximum Gasteiger partial charge on any atom is 0.250 e. The molecule has 1 unspecified atom stereocenters. The van der Waals surface area contributed by atoms with Crippen molar-refractivity contribution >= 4 is 21.4 Å². The average molecular weight is 247 g/mol. The summed E-state index contributed by atoms with van der Waals surface area (Å²) in [6.07, 6.45) is 0.754. The minimum absolute atomic E-state index is 0.0718. The molecule has 84 valence electrons. The van der Waals surface area contributed by atoms with Gasteiger partial charge >= 0.3 is 0 Å². The van der Waals surface area contributed by atoms with Gasteiger partial charge < -0.3 is 4.74 Å². The predicted molar refractivity (Wildman–Crippen MR) is 58.6 cm³/mol. The van der Waals surface area contributed by atoms with Crippen LogP contribution in [0.15, 0.2) is 16.3 Å². The molecular formula is C9H13NO3S2. The zero-order valence-electron chi connectivity index (χ0n) is 8.39. The van der Waals surface area contributed by atoms with Gasteiger partial charge in [-0.25, -0.2) is 13.1 Å². The van der Waals surface area contributed by atoms with E-state index in [0.29, 0.717) is 17.4 Å². The first-order valence-electron chi connectivity index (χ1n) is 4.74. The first-order chi connectivity index (χ1) is 7.08. The highest BCUT2D eigenvalue weighted by atomic mass is 32.2. The first-order valence-corrected chi connectivity index (χ1v) is 7.04. The average Bonchev–Trinajstić information content (AvgIpc) is 2.75. The van der Waals surface area contributed by atoms with E-state index in [4.69, 9.17) is 4.74 Å². The van der Waals surface area contributed by atoms with Gasteiger partial charge in [0.15, 0.2) is 0 Å². The molecule has 0 radical (unpaired) electrons. The predicted octanol–water partition coefficient (Wildman–Crippen LogP) is 1.12. The Morgan fingerprint density at radius 3 is 2.87 bits per heavy atom. The van der Waals surface area contributed by atoms with Gasteiger partial charge in [0.05, 0.1) is 6.61 Å². The summed E-state index contributed by atoms with van der Waals surface area (Å²) in [4.78, 5) is 0.998. The van der Waals surface area contributed by atoms with Gasteiger partial charge in [-0.3, -0.25) is 0 Å². The third-order valence-electron chi connectivity index (χ3n) is 2.23. The summed E-state index contributed by atoms with van der Waals surface area (Å²) in [5.41, 5.74) is 0. The molecule has 0 saturated carbocycles. The monoisotopic (exact) mass is 247 g/mol. The molecule has 15 heavy (non-hydrogen) atoms. The maximum atomic E-state index is 11.8. The molecule has 0 spiro atoms. The molecular weight excluding hydrogens is 234 g/mol. The Labute approximate surface area is 93.3 Å². The molecule has 4 nitrogen and oxygen atoms in total. The molecule has 1 N–H and O–H groups in total. The third kappa shape index (κ3) is 2.57. The lowest BCUT2D eigenvalue weighted by Crippen LogP contribution is -2.34. The van der Waals surface area contributed by atoms with Crippen LogP contribution in [0.2, 0.25) is 0 Å². The van der Waals surface area contributed by atoms with Gasteiger partial charge in [-0.1, -0.05) is 0 Å². The van der Waals surface area contributed by atoms with Gasteiger partial charge in [-0.05, 0) is 25.5 Å². The molecule has 1 fully saturated rings. The van der Waals surface area contributed by atoms with Gasteiger partial charge in [0.25, 0.3) is 0 Å². The van der Waals surface area contributed by atoms with Gasteiger partial charge in [0.2, 0.25) is 10.0 Å². The van der Waals surface area contributed by atoms with Crippen LogP contribution in [0, 0.1) is 6.92 Å². The highest BCUT2D eigenvalue weighted by Crippen LogP contribution is 2.21. The Morgan fingerprint density at radius 2 is 2.33 bits per heavy atom. The summed E-state index contributed by atoms with van der Waals surface area (Å²) < 4.78 is 31.8. The van der Waals surface area contributed by atoms with Crippen molar-refractivity contribution in [1.29, 1.82) is 0 Å². The second-order valence-electron chi connectivity index (χ2n) is 3.55. The standard InChI is InChI=1S/C9H13NO3S2/c1-7-2-3-9(14-7)15(11,12)10-8-4-5-13-6-8/h2-3,8,10H,4-6H2,1H3. The second kappa shape index (κ2) is 4.21. The van der Waals surface area contributed by atoms with Gasteiger partial charge in [0, 0.05) is 17.5 Å². The second-order valence-corrected chi connectivity index (χ2v) is 6.78. The summed E-state index contributed by atoms with van der Waals surface area (Å²) in [6, 6.07) is 3.38. The first kappa shape index (κ1) is 11.1. The number of aryl methyl sites for hydroxylation is 1. The van der Waals surface area contributed by atoms with Crippen molar-refractivity contribution in [1.82, 2.24) is 4.72 Å². The molecule has 1 aliphatic heterocycles. The van der Waals surface area contributed by atoms with E-state index in [1.165, 1.54) is 11.3 Å². The Kier molecular flexibility index (Phi) is 3.11. The van der Waals surface area contributed by atoms with Crippen molar-refractivity contribution in [3.63, 3.8) is 0 Å². The SMILES string of the molecule is Cc1ccc(S(=O)(=O)NC2CCOC2)s1. The van der Waals surface area contributed by atoms with E-state index >= 15 is 0 Å². The summed E-state index contributed by atoms with van der Waals surface area (Å²) in [6.45, 7) is 3.00. The molecule has 2 heterocycles. The van der Waals surface area contributed by atoms with E-state index in [2.05, 4.69) is 4.72 Å². The molecule has 2 rings (SSSR count). The van der Waals surface area contributed by atoms with E-state index in [1.54, 1.807) is 6.07 Å². The third-order valence-corrected chi connectivity index (χ3v) is 5.25. The van der Waals surface area contributed by atoms with Crippen molar-refractivity contribution < 1.29 is 13.2 Å². The summed E-state index contributed by atoms with van der Waals surface area (Å²) in [5.74, 6) is 0. The fourth-order valence-corrected chi connectivity index (χ4v) is 4.02. The molecule has 6 heteroatoms. The summed E-state index contributed by atoms with van der Waals surface area (Å²) >= 11 is 1.29. The number of sulfonamides is 1. The lowest BCUT2D eigenvalue weighted by molar-refractivity contribution is 0.192. The van der Waals surface area contributed by atoms with Gasteiger partial charge in [0.1, 0.15) is 4.21 Å². The number of thiophene rings is 1. The minimum atomic E-state index is -3.33. The van der Waals surface area contributed by atoms with E-state index in [9.17, 15) is 8.42 Å². The number of nitrogens with one attached hydrogen (secondary N) is 1. The van der Waals surface area contributed by atoms with Crippen molar-refractivity contribution in [2.75, 3.05) is 13.2 Å². The molecule has 0 aliphatic carbocycles. The highest BCUT2D eigenvalue weighted by molar-refractivity contribution is 7.91. The Morgan fingerprint density at radius 1 is 1.53 bits per heavy atom. The Bertz CT molecular complexity index is 432. The lowest BCUT2D eigenvalue weighted by Gasteiger charge is -2.09. The zero-order chi connectivity index (χ0) is 10.9. The van der Waals surface area contributed by atoms with Crippen LogP contribution in [0.25, 0.3) is 0 Å². The van der Waals surface area contributed by atoms with Crippen LogP contribution in [0.5, 0.6) is 0 Å². The quantitative estimate of drug-likeness (QED) is 0.871. The molecule has 1 atom stereocenters. The van der Waals surface area contributed by atoms with Gasteiger partial charge in [-0.2, -0.15) is 0 Å². The molecule has 1 saturated heterocycles. The van der Waals surface area contributed by atoms with E-state index < -0.39 is 10.0 Å². The molecule has 0 amide bonds. The molecule has 0 bridgehead atoms. The van der Waals surface area contributed by atoms with Crippen LogP contribution in [-0.2, 0) is 14.8 Å². The number of hydrogen-bond donors (Lipinski definition) is 1. The van der Waals surface area contributed by atoms with E-state index in [1.807, 2.05) is 13.0 Å². The van der Waals surface area contributed by atoms with Crippen LogP contribution in [0.1, 0.15) is 11.3 Å². The lowest BCUT2D eigenvalue weighted by atomic mass is 10.3. The minimum Gasteiger partial charge on any atom is -0.380 e. The molecule has 1 aliphatic rings. The van der Waals surface area contributed by atoms with Crippen molar-refractivity contribution in [3.8, 4) is 0 Å². The number of hydrogen-bond acceptors (Lipinski definition) is 4. The summed E-state index contributed by atoms with van der Waals surface area (Å²) in [5, 5.41) is 0. The fourth-order valence-electron chi connectivity index (χ4n) is 1.46. The molecule has 1 aromatic heterocycles. The maximum absolute atomic E-state index is 11.8. The van der Waals surface area contributed by atoms with E-state index in [0.717, 1.165) is 11.3 Å². The normalized spacial score (nSPS) is 22.1. The van der Waals surface area contributed by atoms with Gasteiger partial charge in [-0.15, -0.1) is 11.3 Å². The van der Waals surface area contributed by atoms with Crippen LogP contribution in [0.3, 0.4) is 0 Å². The molecule has 1 aromatic rings. The topological polar surface area (TPSA) is 55.4 Å². The number of rotatable bonds is 3. The Balaban J connectivity index is 2.12. The van der Waals surface area contributed by atoms with Crippen LogP contribution < -0.4 is 4.72 Å². The highest BCUT2D eigenvalue weighted by Gasteiger charge is 2.24. The van der Waals surface area contributed by atoms with E-state index in [-0.39, 0.29) is 6.04 Å². The van der Waals surface area contributed by atoms with Crippen LogP contribution in [0.4, 0.5) is 0 Å². The number of ether oxygens (including phenoxy) is 1.